The van der Waals surface area contributed by atoms with Crippen molar-refractivity contribution < 1.29 is 49.3 Å². The summed E-state index contributed by atoms with van der Waals surface area (Å²) in [5.74, 6) is -0.233. The number of allylic oxidation sites excluding steroid dienone is 7. The maximum absolute atomic E-state index is 13.0. The molecule has 1 fully saturated rings. The highest BCUT2D eigenvalue weighted by Gasteiger charge is 2.44. The molecule has 0 aliphatic carbocycles. The lowest BCUT2D eigenvalue weighted by Crippen LogP contribution is -2.60. The number of aliphatic hydroxyl groups is 5. The molecule has 1 rings (SSSR count). The predicted octanol–water partition coefficient (Wildman–Crippen LogP) is 11.7. The predicted molar refractivity (Wildman–Crippen MR) is 274 cm³/mol. The summed E-state index contributed by atoms with van der Waals surface area (Å²) < 4.78 is 16.6. The van der Waals surface area contributed by atoms with Crippen molar-refractivity contribution in [3.63, 3.8) is 0 Å². The van der Waals surface area contributed by atoms with E-state index in [0.717, 1.165) is 96.3 Å². The highest BCUT2D eigenvalue weighted by atomic mass is 16.7. The lowest BCUT2D eigenvalue weighted by molar-refractivity contribution is -0.302. The minimum absolute atomic E-state index is 0.0350. The molecule has 1 aliphatic heterocycles. The summed E-state index contributed by atoms with van der Waals surface area (Å²) >= 11 is 0. The zero-order valence-electron chi connectivity index (χ0n) is 42.6. The SMILES string of the molecule is CCC/C=C\C/C=C\CCCCCCCC(=O)OCCCCCCCC/C=C\CCCCCCCCCC(=O)NC(COC1OC(CO)C(O)C(O)C1O)C(O)/C=C/CCCCCCCCC. The minimum atomic E-state index is -1.57. The molecule has 11 heteroatoms. The topological polar surface area (TPSA) is 175 Å². The standard InChI is InChI=1S/C56H101NO10/c1-3-5-7-9-11-13-14-20-24-28-32-36-40-44-52(61)65-45-41-37-33-29-25-22-19-17-15-16-18-21-23-27-31-35-39-43-51(60)57-48(49(59)42-38-34-30-26-12-10-8-6-4-2)47-66-56-55(64)54(63)53(62)50(46-58)67-56/h7,9,13-15,17,38,42,48-50,53-56,58-59,62-64H,3-6,8,10-12,16,18-37,39-41,43-47H2,1-2H3,(H,57,60)/b9-7-,14-13-,17-15-,42-38+. The molecule has 7 atom stereocenters. The average molecular weight is 948 g/mol. The molecule has 67 heavy (non-hydrogen) atoms. The number of esters is 1. The summed E-state index contributed by atoms with van der Waals surface area (Å²) in [6, 6.07) is -0.818. The average Bonchev–Trinajstić information content (AvgIpc) is 3.32. The fraction of sp³-hybridized carbons (Fsp3) is 0.821. The Bertz CT molecular complexity index is 1250. The summed E-state index contributed by atoms with van der Waals surface area (Å²) in [6.07, 6.45) is 46.3. The lowest BCUT2D eigenvalue weighted by Gasteiger charge is -2.40. The second-order valence-electron chi connectivity index (χ2n) is 18.9. The van der Waals surface area contributed by atoms with Crippen molar-refractivity contribution in [1.29, 1.82) is 0 Å². The number of unbranched alkanes of at least 4 members (excludes halogenated alkanes) is 26. The van der Waals surface area contributed by atoms with Crippen LogP contribution in [0.5, 0.6) is 0 Å². The quantitative estimate of drug-likeness (QED) is 0.0196. The molecule has 0 radical (unpaired) electrons. The first kappa shape index (κ1) is 62.6. The largest absolute Gasteiger partial charge is 0.466 e. The monoisotopic (exact) mass is 948 g/mol. The van der Waals surface area contributed by atoms with Gasteiger partial charge in [0.1, 0.15) is 24.4 Å². The Morgan fingerprint density at radius 3 is 1.58 bits per heavy atom. The number of hydrogen-bond acceptors (Lipinski definition) is 10. The third kappa shape index (κ3) is 36.3. The summed E-state index contributed by atoms with van der Waals surface area (Å²) in [5, 5.41) is 54.1. The van der Waals surface area contributed by atoms with Crippen LogP contribution in [0.15, 0.2) is 48.6 Å². The van der Waals surface area contributed by atoms with Crippen LogP contribution in [-0.4, -0.2) is 100 Å². The van der Waals surface area contributed by atoms with Crippen LogP contribution < -0.4 is 5.32 Å². The number of hydrogen-bond donors (Lipinski definition) is 6. The van der Waals surface area contributed by atoms with Crippen LogP contribution in [-0.2, 0) is 23.8 Å². The van der Waals surface area contributed by atoms with Crippen molar-refractivity contribution in [1.82, 2.24) is 5.32 Å². The third-order valence-electron chi connectivity index (χ3n) is 12.6. The van der Waals surface area contributed by atoms with Gasteiger partial charge in [0, 0.05) is 12.8 Å². The molecule has 1 amide bonds. The van der Waals surface area contributed by atoms with E-state index in [1.165, 1.54) is 109 Å². The van der Waals surface area contributed by atoms with Gasteiger partial charge in [-0.15, -0.1) is 0 Å². The van der Waals surface area contributed by atoms with E-state index < -0.39 is 49.5 Å². The molecule has 0 aromatic rings. The number of rotatable bonds is 46. The van der Waals surface area contributed by atoms with Crippen LogP contribution in [0.2, 0.25) is 0 Å². The maximum Gasteiger partial charge on any atom is 0.305 e. The van der Waals surface area contributed by atoms with Crippen LogP contribution in [0, 0.1) is 0 Å². The molecule has 0 aromatic carbocycles. The van der Waals surface area contributed by atoms with Gasteiger partial charge in [-0.3, -0.25) is 9.59 Å². The molecule has 7 unspecified atom stereocenters. The smallest absolute Gasteiger partial charge is 0.305 e. The Morgan fingerprint density at radius 1 is 0.552 bits per heavy atom. The van der Waals surface area contributed by atoms with Gasteiger partial charge in [0.2, 0.25) is 5.91 Å². The second kappa shape index (κ2) is 46.0. The highest BCUT2D eigenvalue weighted by molar-refractivity contribution is 5.76. The van der Waals surface area contributed by atoms with E-state index in [9.17, 15) is 35.1 Å². The van der Waals surface area contributed by atoms with Gasteiger partial charge in [-0.05, 0) is 83.5 Å². The Kier molecular flexibility index (Phi) is 43.0. The molecule has 1 saturated heterocycles. The summed E-state index contributed by atoms with van der Waals surface area (Å²) in [7, 11) is 0. The van der Waals surface area contributed by atoms with Crippen LogP contribution in [0.3, 0.4) is 0 Å². The van der Waals surface area contributed by atoms with Crippen molar-refractivity contribution >= 4 is 11.9 Å². The van der Waals surface area contributed by atoms with Gasteiger partial charge in [0.05, 0.1) is 32.0 Å². The van der Waals surface area contributed by atoms with Crippen LogP contribution in [0.1, 0.15) is 232 Å². The van der Waals surface area contributed by atoms with Gasteiger partial charge in [0.25, 0.3) is 0 Å². The fourth-order valence-electron chi connectivity index (χ4n) is 8.23. The van der Waals surface area contributed by atoms with E-state index >= 15 is 0 Å². The Balaban J connectivity index is 2.09. The molecule has 0 saturated carbocycles. The number of amides is 1. The zero-order valence-corrected chi connectivity index (χ0v) is 42.6. The normalized spacial score (nSPS) is 19.9. The Hall–Kier alpha value is -2.38. The zero-order chi connectivity index (χ0) is 48.8. The van der Waals surface area contributed by atoms with E-state index in [0.29, 0.717) is 19.4 Å². The molecular weight excluding hydrogens is 847 g/mol. The summed E-state index contributed by atoms with van der Waals surface area (Å²) in [6.45, 7) is 4.20. The van der Waals surface area contributed by atoms with Crippen molar-refractivity contribution in [3.8, 4) is 0 Å². The minimum Gasteiger partial charge on any atom is -0.466 e. The number of nitrogens with one attached hydrogen (secondary N) is 1. The molecule has 390 valence electrons. The second-order valence-corrected chi connectivity index (χ2v) is 18.9. The first-order valence-electron chi connectivity index (χ1n) is 27.4. The number of ether oxygens (including phenoxy) is 3. The Labute approximate surface area is 408 Å². The first-order valence-corrected chi connectivity index (χ1v) is 27.4. The first-order chi connectivity index (χ1) is 32.7. The number of carbonyl (C=O) groups is 2. The van der Waals surface area contributed by atoms with E-state index in [-0.39, 0.29) is 18.5 Å². The van der Waals surface area contributed by atoms with Gasteiger partial charge in [-0.1, -0.05) is 184 Å². The molecule has 0 bridgehead atoms. The van der Waals surface area contributed by atoms with Gasteiger partial charge in [-0.25, -0.2) is 0 Å². The fourth-order valence-corrected chi connectivity index (χ4v) is 8.23. The molecule has 1 aliphatic rings. The van der Waals surface area contributed by atoms with Crippen molar-refractivity contribution in [3.05, 3.63) is 48.6 Å². The van der Waals surface area contributed by atoms with E-state index in [1.807, 2.05) is 6.08 Å². The van der Waals surface area contributed by atoms with Crippen LogP contribution >= 0.6 is 0 Å². The lowest BCUT2D eigenvalue weighted by atomic mass is 9.99. The highest BCUT2D eigenvalue weighted by Crippen LogP contribution is 2.23. The third-order valence-corrected chi connectivity index (χ3v) is 12.6. The Morgan fingerprint density at radius 2 is 1.03 bits per heavy atom. The van der Waals surface area contributed by atoms with Crippen molar-refractivity contribution in [2.24, 2.45) is 0 Å². The molecule has 11 nitrogen and oxygen atoms in total. The van der Waals surface area contributed by atoms with Gasteiger partial charge in [0.15, 0.2) is 6.29 Å². The van der Waals surface area contributed by atoms with Gasteiger partial charge >= 0.3 is 5.97 Å². The molecular formula is C56H101NO10. The molecule has 0 aromatic heterocycles. The maximum atomic E-state index is 13.0. The van der Waals surface area contributed by atoms with Crippen molar-refractivity contribution in [2.75, 3.05) is 19.8 Å². The van der Waals surface area contributed by atoms with Gasteiger partial charge in [-0.2, -0.15) is 0 Å². The molecule has 0 spiro atoms. The van der Waals surface area contributed by atoms with Crippen molar-refractivity contribution in [2.45, 2.75) is 275 Å². The van der Waals surface area contributed by atoms with E-state index in [4.69, 9.17) is 14.2 Å². The molecule has 1 heterocycles. The summed E-state index contributed by atoms with van der Waals surface area (Å²) in [4.78, 5) is 25.0. The van der Waals surface area contributed by atoms with Crippen LogP contribution in [0.25, 0.3) is 0 Å². The number of aliphatic hydroxyl groups excluding tert-OH is 5. The van der Waals surface area contributed by atoms with E-state index in [2.05, 4.69) is 55.6 Å². The summed E-state index contributed by atoms with van der Waals surface area (Å²) in [5.41, 5.74) is 0. The molecule has 6 N–H and O–H groups in total. The number of carbonyl (C=O) groups excluding carboxylic acids is 2. The van der Waals surface area contributed by atoms with E-state index in [1.54, 1.807) is 6.08 Å². The van der Waals surface area contributed by atoms with Crippen LogP contribution in [0.4, 0.5) is 0 Å². The van der Waals surface area contributed by atoms with Gasteiger partial charge < -0.3 is 45.1 Å².